The highest BCUT2D eigenvalue weighted by Crippen LogP contribution is 2.37. The second-order valence-electron chi connectivity index (χ2n) is 12.1. The summed E-state index contributed by atoms with van der Waals surface area (Å²) >= 11 is 0. The van der Waals surface area contributed by atoms with Crippen LogP contribution in [0.5, 0.6) is 0 Å². The number of pyridine rings is 1. The Morgan fingerprint density at radius 1 is 1.12 bits per heavy atom. The van der Waals surface area contributed by atoms with Crippen LogP contribution in [0.3, 0.4) is 0 Å². The van der Waals surface area contributed by atoms with E-state index >= 15 is 0 Å². The summed E-state index contributed by atoms with van der Waals surface area (Å²) in [5, 5.41) is 8.61. The number of benzene rings is 1. The van der Waals surface area contributed by atoms with Crippen molar-refractivity contribution in [2.45, 2.75) is 58.8 Å². The Hall–Kier alpha value is -4.39. The van der Waals surface area contributed by atoms with Gasteiger partial charge < -0.3 is 34.7 Å². The summed E-state index contributed by atoms with van der Waals surface area (Å²) in [6.07, 6.45) is 5.49. The van der Waals surface area contributed by atoms with Crippen LogP contribution in [0.2, 0.25) is 0 Å². The number of amides is 2. The molecule has 3 aromatic heterocycles. The summed E-state index contributed by atoms with van der Waals surface area (Å²) in [5.74, 6) is -0.728. The molecule has 1 atom stereocenters. The predicted molar refractivity (Wildman–Crippen MR) is 160 cm³/mol. The van der Waals surface area contributed by atoms with Gasteiger partial charge in [-0.15, -0.1) is 0 Å². The van der Waals surface area contributed by atoms with Gasteiger partial charge >= 0.3 is 6.09 Å². The van der Waals surface area contributed by atoms with Gasteiger partial charge in [0.05, 0.1) is 27.8 Å². The van der Waals surface area contributed by atoms with E-state index in [0.717, 1.165) is 24.9 Å². The van der Waals surface area contributed by atoms with Crippen molar-refractivity contribution in [3.05, 3.63) is 47.7 Å². The minimum atomic E-state index is -0.613. The lowest BCUT2D eigenvalue weighted by Gasteiger charge is -2.37. The van der Waals surface area contributed by atoms with E-state index in [4.69, 9.17) is 20.3 Å². The zero-order valence-electron chi connectivity index (χ0n) is 24.9. The number of ether oxygens (including phenoxy) is 2. The normalized spacial score (nSPS) is 17.9. The lowest BCUT2D eigenvalue weighted by atomic mass is 10.1. The fourth-order valence-electron chi connectivity index (χ4n) is 5.71. The Balaban J connectivity index is 1.38. The molecule has 0 bridgehead atoms. The first-order valence-corrected chi connectivity index (χ1v) is 14.6. The van der Waals surface area contributed by atoms with Gasteiger partial charge in [-0.05, 0) is 59.1 Å². The average molecular weight is 593 g/mol. The number of aryl methyl sites for hydroxylation is 1. The van der Waals surface area contributed by atoms with Gasteiger partial charge in [-0.2, -0.15) is 5.10 Å². The molecule has 2 aliphatic heterocycles. The van der Waals surface area contributed by atoms with Crippen LogP contribution in [-0.2, 0) is 9.47 Å². The molecule has 2 amide bonds. The number of nitrogens with one attached hydrogen (secondary N) is 1. The zero-order chi connectivity index (χ0) is 30.5. The molecule has 13 heteroatoms. The first kappa shape index (κ1) is 28.7. The maximum absolute atomic E-state index is 14.9. The standard InChI is InChI=1S/C30H37FN8O4/c1-18-16-38-17-19(13-22(31)28(38)33-18)34-27-25-21(26(32)40)14-20(15-23(25)39(35-27)24-7-5-6-12-42-24)36-8-10-37(11-9-36)29(41)43-30(2,3)4/h13-17,24H,5-12H2,1-4H3,(H2,32,40)(H,34,35). The molecule has 12 nitrogen and oxygen atoms in total. The van der Waals surface area contributed by atoms with Crippen LogP contribution in [0.4, 0.5) is 26.4 Å². The zero-order valence-corrected chi connectivity index (χ0v) is 24.9. The van der Waals surface area contributed by atoms with Crippen LogP contribution in [0.15, 0.2) is 30.6 Å². The number of imidazole rings is 1. The number of nitrogens with two attached hydrogens (primary N) is 1. The number of primary amides is 1. The summed E-state index contributed by atoms with van der Waals surface area (Å²) in [7, 11) is 0. The van der Waals surface area contributed by atoms with E-state index in [2.05, 4.69) is 15.2 Å². The largest absolute Gasteiger partial charge is 0.444 e. The lowest BCUT2D eigenvalue weighted by Crippen LogP contribution is -2.50. The van der Waals surface area contributed by atoms with Crippen LogP contribution < -0.4 is 16.0 Å². The minimum absolute atomic E-state index is 0.225. The van der Waals surface area contributed by atoms with Gasteiger partial charge in [-0.3, -0.25) is 4.79 Å². The van der Waals surface area contributed by atoms with E-state index in [-0.39, 0.29) is 23.5 Å². The van der Waals surface area contributed by atoms with Crippen molar-refractivity contribution < 1.29 is 23.5 Å². The molecule has 0 saturated carbocycles. The average Bonchev–Trinajstić information content (AvgIpc) is 3.52. The van der Waals surface area contributed by atoms with Gasteiger partial charge in [0.1, 0.15) is 5.60 Å². The number of carbonyl (C=O) groups excluding carboxylic acids is 2. The number of hydrogen-bond donors (Lipinski definition) is 2. The number of carbonyl (C=O) groups is 2. The summed E-state index contributed by atoms with van der Waals surface area (Å²) in [6.45, 7) is 9.97. The van der Waals surface area contributed by atoms with E-state index in [1.807, 2.05) is 26.8 Å². The van der Waals surface area contributed by atoms with Crippen molar-refractivity contribution in [1.82, 2.24) is 24.1 Å². The summed E-state index contributed by atoms with van der Waals surface area (Å²) in [5.41, 5.74) is 8.49. The molecule has 0 aliphatic carbocycles. The lowest BCUT2D eigenvalue weighted by molar-refractivity contribution is -0.0365. The predicted octanol–water partition coefficient (Wildman–Crippen LogP) is 4.73. The number of halogens is 1. The van der Waals surface area contributed by atoms with Crippen molar-refractivity contribution in [2.75, 3.05) is 43.0 Å². The highest BCUT2D eigenvalue weighted by molar-refractivity contribution is 6.11. The topological polar surface area (TPSA) is 132 Å². The van der Waals surface area contributed by atoms with Gasteiger partial charge in [0, 0.05) is 56.9 Å². The van der Waals surface area contributed by atoms with Gasteiger partial charge in [0.15, 0.2) is 23.5 Å². The molecule has 1 unspecified atom stereocenters. The number of hydrogen-bond acceptors (Lipinski definition) is 8. The molecule has 0 spiro atoms. The SMILES string of the molecule is Cc1cn2cc(Nc3nn(C4CCCCO4)c4cc(N5CCN(C(=O)OC(C)(C)C)CC5)cc(C(N)=O)c34)cc(F)c2n1. The van der Waals surface area contributed by atoms with Crippen LogP contribution in [-0.4, -0.2) is 74.5 Å². The molecular formula is C30H37FN8O4. The molecule has 3 N–H and O–H groups in total. The van der Waals surface area contributed by atoms with Gasteiger partial charge in [0.25, 0.3) is 0 Å². The molecule has 5 heterocycles. The van der Waals surface area contributed by atoms with E-state index in [1.54, 1.807) is 39.4 Å². The van der Waals surface area contributed by atoms with Crippen molar-refractivity contribution in [2.24, 2.45) is 5.73 Å². The van der Waals surface area contributed by atoms with Crippen molar-refractivity contribution in [1.29, 1.82) is 0 Å². The van der Waals surface area contributed by atoms with Crippen molar-refractivity contribution >= 4 is 45.7 Å². The molecule has 6 rings (SSSR count). The van der Waals surface area contributed by atoms with Crippen LogP contribution in [0.25, 0.3) is 16.6 Å². The molecule has 228 valence electrons. The number of aromatic nitrogens is 4. The van der Waals surface area contributed by atoms with E-state index in [0.29, 0.717) is 60.9 Å². The van der Waals surface area contributed by atoms with Gasteiger partial charge in [-0.25, -0.2) is 18.9 Å². The monoisotopic (exact) mass is 592 g/mol. The molecule has 2 saturated heterocycles. The number of piperazine rings is 1. The maximum Gasteiger partial charge on any atom is 0.410 e. The van der Waals surface area contributed by atoms with Crippen molar-refractivity contribution in [3.63, 3.8) is 0 Å². The van der Waals surface area contributed by atoms with Crippen molar-refractivity contribution in [3.8, 4) is 0 Å². The third kappa shape index (κ3) is 5.81. The third-order valence-electron chi connectivity index (χ3n) is 7.67. The Morgan fingerprint density at radius 3 is 2.56 bits per heavy atom. The molecule has 43 heavy (non-hydrogen) atoms. The number of nitrogens with zero attached hydrogens (tertiary/aromatic N) is 6. The van der Waals surface area contributed by atoms with E-state index < -0.39 is 17.3 Å². The first-order chi connectivity index (χ1) is 20.5. The second-order valence-corrected chi connectivity index (χ2v) is 12.1. The summed E-state index contributed by atoms with van der Waals surface area (Å²) in [4.78, 5) is 33.5. The minimum Gasteiger partial charge on any atom is -0.444 e. The molecule has 2 aliphatic rings. The van der Waals surface area contributed by atoms with Crippen LogP contribution in [0.1, 0.15) is 62.3 Å². The number of rotatable bonds is 5. The molecule has 4 aromatic rings. The first-order valence-electron chi connectivity index (χ1n) is 14.6. The molecular weight excluding hydrogens is 555 g/mol. The Labute approximate surface area is 248 Å². The van der Waals surface area contributed by atoms with Crippen LogP contribution >= 0.6 is 0 Å². The highest BCUT2D eigenvalue weighted by Gasteiger charge is 2.29. The summed E-state index contributed by atoms with van der Waals surface area (Å²) in [6, 6.07) is 5.09. The Bertz CT molecular complexity index is 1690. The van der Waals surface area contributed by atoms with Gasteiger partial charge in [-0.1, -0.05) is 0 Å². The molecule has 1 aromatic carbocycles. The van der Waals surface area contributed by atoms with E-state index in [1.165, 1.54) is 6.07 Å². The number of fused-ring (bicyclic) bond motifs is 2. The smallest absolute Gasteiger partial charge is 0.410 e. The number of anilines is 3. The molecule has 0 radical (unpaired) electrons. The maximum atomic E-state index is 14.9. The fraction of sp³-hybridized carbons (Fsp3) is 0.467. The third-order valence-corrected chi connectivity index (χ3v) is 7.67. The molecule has 2 fully saturated rings. The van der Waals surface area contributed by atoms with Crippen LogP contribution in [0, 0.1) is 12.7 Å². The fourth-order valence-corrected chi connectivity index (χ4v) is 5.71. The Morgan fingerprint density at radius 2 is 1.88 bits per heavy atom. The van der Waals surface area contributed by atoms with Gasteiger partial charge in [0.2, 0.25) is 5.91 Å². The summed E-state index contributed by atoms with van der Waals surface area (Å²) < 4.78 is 30.0. The van der Waals surface area contributed by atoms with E-state index in [9.17, 15) is 14.0 Å². The second kappa shape index (κ2) is 11.0. The Kier molecular flexibility index (Phi) is 7.36. The highest BCUT2D eigenvalue weighted by atomic mass is 19.1. The quantitative estimate of drug-likeness (QED) is 0.340.